The van der Waals surface area contributed by atoms with Crippen LogP contribution in [-0.2, 0) is 9.59 Å². The Labute approximate surface area is 126 Å². The first-order chi connectivity index (χ1) is 10.2. The molecule has 0 aromatic heterocycles. The van der Waals surface area contributed by atoms with E-state index < -0.39 is 0 Å². The molecule has 4 aliphatic rings. The first-order valence-electron chi connectivity index (χ1n) is 8.84. The number of carbonyl (C=O) groups is 2. The molecule has 4 unspecified atom stereocenters. The SMILES string of the molecule is O=C1CC(NC2CC3CCC2C3)C(=O)N1C1CCCCC1. The molecule has 3 saturated carbocycles. The summed E-state index contributed by atoms with van der Waals surface area (Å²) in [6.07, 6.45) is 11.2. The number of rotatable bonds is 3. The Balaban J connectivity index is 1.41. The van der Waals surface area contributed by atoms with Crippen LogP contribution in [0.25, 0.3) is 0 Å². The highest BCUT2D eigenvalue weighted by atomic mass is 16.2. The van der Waals surface area contributed by atoms with Gasteiger partial charge in [0.1, 0.15) is 0 Å². The van der Waals surface area contributed by atoms with E-state index in [0.717, 1.165) is 37.5 Å². The van der Waals surface area contributed by atoms with Crippen molar-refractivity contribution >= 4 is 11.8 Å². The molecule has 4 nitrogen and oxygen atoms in total. The summed E-state index contributed by atoms with van der Waals surface area (Å²) in [5, 5.41) is 3.55. The molecular formula is C17H26N2O2. The smallest absolute Gasteiger partial charge is 0.247 e. The molecule has 2 amide bonds. The van der Waals surface area contributed by atoms with E-state index in [4.69, 9.17) is 0 Å². The van der Waals surface area contributed by atoms with Crippen molar-refractivity contribution in [2.45, 2.75) is 82.3 Å². The third kappa shape index (κ3) is 2.41. The van der Waals surface area contributed by atoms with Gasteiger partial charge in [-0.1, -0.05) is 25.7 Å². The lowest BCUT2D eigenvalue weighted by Gasteiger charge is -2.30. The Bertz CT molecular complexity index is 444. The fraction of sp³-hybridized carbons (Fsp3) is 0.882. The molecule has 21 heavy (non-hydrogen) atoms. The standard InChI is InChI=1S/C17H26N2O2/c20-16-10-15(18-14-9-11-6-7-12(14)8-11)17(21)19(16)13-4-2-1-3-5-13/h11-15,18H,1-10H2. The molecule has 0 aromatic rings. The number of hydrogen-bond acceptors (Lipinski definition) is 3. The van der Waals surface area contributed by atoms with Crippen LogP contribution in [0.15, 0.2) is 0 Å². The van der Waals surface area contributed by atoms with E-state index in [1.165, 1.54) is 32.1 Å². The minimum Gasteiger partial charge on any atom is -0.302 e. The number of imide groups is 1. The molecule has 1 saturated heterocycles. The van der Waals surface area contributed by atoms with Gasteiger partial charge in [-0.2, -0.15) is 0 Å². The maximum Gasteiger partial charge on any atom is 0.247 e. The molecule has 3 aliphatic carbocycles. The average molecular weight is 290 g/mol. The lowest BCUT2D eigenvalue weighted by Crippen LogP contribution is -2.48. The van der Waals surface area contributed by atoms with Crippen molar-refractivity contribution in [3.8, 4) is 0 Å². The van der Waals surface area contributed by atoms with Crippen LogP contribution in [0, 0.1) is 11.8 Å². The highest BCUT2D eigenvalue weighted by Gasteiger charge is 2.46. The summed E-state index contributed by atoms with van der Waals surface area (Å²) in [4.78, 5) is 26.6. The monoisotopic (exact) mass is 290 g/mol. The molecule has 4 rings (SSSR count). The Hall–Kier alpha value is -0.900. The van der Waals surface area contributed by atoms with Crippen molar-refractivity contribution in [2.75, 3.05) is 0 Å². The minimum atomic E-state index is -0.233. The molecule has 4 atom stereocenters. The lowest BCUT2D eigenvalue weighted by atomic mass is 9.94. The molecule has 4 fully saturated rings. The van der Waals surface area contributed by atoms with Crippen LogP contribution in [0.1, 0.15) is 64.2 Å². The third-order valence-corrected chi connectivity index (χ3v) is 6.28. The van der Waals surface area contributed by atoms with E-state index in [1.807, 2.05) is 0 Å². The number of hydrogen-bond donors (Lipinski definition) is 1. The van der Waals surface area contributed by atoms with Gasteiger partial charge >= 0.3 is 0 Å². The molecule has 116 valence electrons. The summed E-state index contributed by atoms with van der Waals surface area (Å²) in [6.45, 7) is 0. The second-order valence-corrected chi connectivity index (χ2v) is 7.60. The summed E-state index contributed by atoms with van der Waals surface area (Å²) in [5.41, 5.74) is 0. The van der Waals surface area contributed by atoms with Crippen molar-refractivity contribution in [3.63, 3.8) is 0 Å². The van der Waals surface area contributed by atoms with Crippen molar-refractivity contribution in [3.05, 3.63) is 0 Å². The summed E-state index contributed by atoms with van der Waals surface area (Å²) in [7, 11) is 0. The van der Waals surface area contributed by atoms with E-state index in [-0.39, 0.29) is 23.9 Å². The van der Waals surface area contributed by atoms with Crippen molar-refractivity contribution in [1.29, 1.82) is 0 Å². The van der Waals surface area contributed by atoms with Gasteiger partial charge in [-0.3, -0.25) is 14.5 Å². The van der Waals surface area contributed by atoms with E-state index in [1.54, 1.807) is 4.90 Å². The highest BCUT2D eigenvalue weighted by molar-refractivity contribution is 6.05. The Morgan fingerprint density at radius 3 is 2.43 bits per heavy atom. The first kappa shape index (κ1) is 13.7. The topological polar surface area (TPSA) is 49.4 Å². The fourth-order valence-corrected chi connectivity index (χ4v) is 5.21. The van der Waals surface area contributed by atoms with Gasteiger partial charge in [-0.05, 0) is 43.9 Å². The summed E-state index contributed by atoms with van der Waals surface area (Å²) >= 11 is 0. The lowest BCUT2D eigenvalue weighted by molar-refractivity contribution is -0.142. The van der Waals surface area contributed by atoms with Crippen LogP contribution in [0.2, 0.25) is 0 Å². The normalized spacial score (nSPS) is 40.5. The first-order valence-corrected chi connectivity index (χ1v) is 8.84. The second kappa shape index (κ2) is 5.38. The van der Waals surface area contributed by atoms with Crippen LogP contribution < -0.4 is 5.32 Å². The number of nitrogens with one attached hydrogen (secondary N) is 1. The van der Waals surface area contributed by atoms with E-state index in [0.29, 0.717) is 12.5 Å². The zero-order valence-corrected chi connectivity index (χ0v) is 12.7. The Morgan fingerprint density at radius 1 is 0.952 bits per heavy atom. The second-order valence-electron chi connectivity index (χ2n) is 7.60. The molecule has 0 radical (unpaired) electrons. The Morgan fingerprint density at radius 2 is 1.76 bits per heavy atom. The van der Waals surface area contributed by atoms with Gasteiger partial charge in [-0.15, -0.1) is 0 Å². The highest BCUT2D eigenvalue weighted by Crippen LogP contribution is 2.44. The fourth-order valence-electron chi connectivity index (χ4n) is 5.21. The van der Waals surface area contributed by atoms with Gasteiger partial charge in [0.25, 0.3) is 0 Å². The zero-order valence-electron chi connectivity index (χ0n) is 12.7. The quantitative estimate of drug-likeness (QED) is 0.811. The number of amides is 2. The van der Waals surface area contributed by atoms with Crippen molar-refractivity contribution in [1.82, 2.24) is 10.2 Å². The molecular weight excluding hydrogens is 264 g/mol. The summed E-state index contributed by atoms with van der Waals surface area (Å²) < 4.78 is 0. The van der Waals surface area contributed by atoms with Gasteiger partial charge in [0, 0.05) is 12.1 Å². The van der Waals surface area contributed by atoms with Gasteiger partial charge in [0.05, 0.1) is 12.5 Å². The summed E-state index contributed by atoms with van der Waals surface area (Å²) in [5.74, 6) is 1.75. The Kier molecular flexibility index (Phi) is 3.52. The van der Waals surface area contributed by atoms with Gasteiger partial charge in [0.15, 0.2) is 0 Å². The van der Waals surface area contributed by atoms with E-state index in [2.05, 4.69) is 5.32 Å². The van der Waals surface area contributed by atoms with E-state index in [9.17, 15) is 9.59 Å². The maximum absolute atomic E-state index is 12.7. The molecule has 0 aromatic carbocycles. The predicted octanol–water partition coefficient (Wildman–Crippen LogP) is 2.22. The van der Waals surface area contributed by atoms with Gasteiger partial charge < -0.3 is 5.32 Å². The van der Waals surface area contributed by atoms with Crippen LogP contribution in [0.5, 0.6) is 0 Å². The maximum atomic E-state index is 12.7. The largest absolute Gasteiger partial charge is 0.302 e. The average Bonchev–Trinajstić information content (AvgIpc) is 3.16. The molecule has 1 N–H and O–H groups in total. The molecule has 1 aliphatic heterocycles. The number of carbonyl (C=O) groups excluding carboxylic acids is 2. The van der Waals surface area contributed by atoms with Crippen LogP contribution in [-0.4, -0.2) is 34.8 Å². The molecule has 2 bridgehead atoms. The van der Waals surface area contributed by atoms with E-state index >= 15 is 0 Å². The zero-order chi connectivity index (χ0) is 14.4. The van der Waals surface area contributed by atoms with Crippen molar-refractivity contribution in [2.24, 2.45) is 11.8 Å². The summed E-state index contributed by atoms with van der Waals surface area (Å²) in [6, 6.07) is 0.436. The molecule has 0 spiro atoms. The molecule has 1 heterocycles. The van der Waals surface area contributed by atoms with Crippen LogP contribution >= 0.6 is 0 Å². The minimum absolute atomic E-state index is 0.0626. The number of fused-ring (bicyclic) bond motifs is 2. The number of likely N-dealkylation sites (tertiary alicyclic amines) is 1. The van der Waals surface area contributed by atoms with Crippen LogP contribution in [0.4, 0.5) is 0 Å². The van der Waals surface area contributed by atoms with Crippen molar-refractivity contribution < 1.29 is 9.59 Å². The third-order valence-electron chi connectivity index (χ3n) is 6.28. The van der Waals surface area contributed by atoms with Crippen LogP contribution in [0.3, 0.4) is 0 Å². The predicted molar refractivity (Wildman–Crippen MR) is 79.5 cm³/mol. The number of nitrogens with zero attached hydrogens (tertiary/aromatic N) is 1. The molecule has 4 heteroatoms. The van der Waals surface area contributed by atoms with Gasteiger partial charge in [-0.25, -0.2) is 0 Å². The van der Waals surface area contributed by atoms with Gasteiger partial charge in [0.2, 0.25) is 11.8 Å².